The predicted octanol–water partition coefficient (Wildman–Crippen LogP) is 3.05. The van der Waals surface area contributed by atoms with Crippen LogP contribution < -0.4 is 9.47 Å². The Bertz CT molecular complexity index is 605. The molecule has 1 atom stereocenters. The van der Waals surface area contributed by atoms with Gasteiger partial charge in [-0.25, -0.2) is 0 Å². The number of carbonyl (C=O) groups excluding carboxylic acids is 1. The van der Waals surface area contributed by atoms with Crippen LogP contribution in [0.4, 0.5) is 13.2 Å². The zero-order valence-corrected chi connectivity index (χ0v) is 13.0. The molecule has 1 amide bonds. The molecule has 5 nitrogen and oxygen atoms in total. The first-order valence-electron chi connectivity index (χ1n) is 7.77. The molecule has 3 rings (SSSR count). The van der Waals surface area contributed by atoms with Crippen molar-refractivity contribution in [3.63, 3.8) is 0 Å². The summed E-state index contributed by atoms with van der Waals surface area (Å²) in [4.78, 5) is 14.0. The number of hydrogen-bond donors (Lipinski definition) is 0. The van der Waals surface area contributed by atoms with Crippen molar-refractivity contribution in [3.05, 3.63) is 23.8 Å². The van der Waals surface area contributed by atoms with Gasteiger partial charge in [0.1, 0.15) is 6.61 Å². The first-order chi connectivity index (χ1) is 11.4. The lowest BCUT2D eigenvalue weighted by molar-refractivity contribution is -0.175. The summed E-state index contributed by atoms with van der Waals surface area (Å²) in [6.45, 7) is -0.783. The molecule has 0 bridgehead atoms. The second-order valence-corrected chi connectivity index (χ2v) is 5.78. The molecule has 0 unspecified atom stereocenters. The molecule has 2 aliphatic heterocycles. The van der Waals surface area contributed by atoms with Gasteiger partial charge in [-0.05, 0) is 30.5 Å². The van der Waals surface area contributed by atoms with E-state index in [4.69, 9.17) is 9.47 Å². The number of amides is 1. The Morgan fingerprint density at radius 1 is 1.29 bits per heavy atom. The van der Waals surface area contributed by atoms with Gasteiger partial charge in [0.25, 0.3) is 0 Å². The minimum absolute atomic E-state index is 0.0584. The lowest BCUT2D eigenvalue weighted by Crippen LogP contribution is -2.31. The molecule has 132 valence electrons. The number of hydrogen-bond acceptors (Lipinski definition) is 4. The van der Waals surface area contributed by atoms with Crippen LogP contribution in [0.2, 0.25) is 0 Å². The molecule has 0 N–H and O–H groups in total. The van der Waals surface area contributed by atoms with E-state index in [0.717, 1.165) is 18.4 Å². The van der Waals surface area contributed by atoms with Crippen LogP contribution in [0, 0.1) is 0 Å². The van der Waals surface area contributed by atoms with Gasteiger partial charge in [-0.1, -0.05) is 6.07 Å². The van der Waals surface area contributed by atoms with Gasteiger partial charge >= 0.3 is 6.18 Å². The Labute approximate surface area is 137 Å². The lowest BCUT2D eigenvalue weighted by Gasteiger charge is -2.25. The number of likely N-dealkylation sites (tertiary alicyclic amines) is 1. The van der Waals surface area contributed by atoms with Crippen molar-refractivity contribution >= 4 is 5.91 Å². The molecule has 0 aromatic heterocycles. The van der Waals surface area contributed by atoms with E-state index in [1.54, 1.807) is 4.90 Å². The Morgan fingerprint density at radius 2 is 2.08 bits per heavy atom. The fourth-order valence-corrected chi connectivity index (χ4v) is 3.02. The maximum Gasteiger partial charge on any atom is 0.411 e. The summed E-state index contributed by atoms with van der Waals surface area (Å²) in [6.07, 6.45) is -2.76. The van der Waals surface area contributed by atoms with Gasteiger partial charge in [-0.15, -0.1) is 0 Å². The zero-order valence-electron chi connectivity index (χ0n) is 13.0. The fourth-order valence-electron chi connectivity index (χ4n) is 3.02. The van der Waals surface area contributed by atoms with Gasteiger partial charge in [0.2, 0.25) is 12.7 Å². The molecule has 8 heteroatoms. The lowest BCUT2D eigenvalue weighted by atomic mass is 10.0. The molecular weight excluding hydrogens is 327 g/mol. The maximum absolute atomic E-state index is 12.3. The first kappa shape index (κ1) is 16.9. The number of carbonyl (C=O) groups is 1. The quantitative estimate of drug-likeness (QED) is 0.770. The SMILES string of the molecule is O=C(CCOCC(F)(F)F)N1CCC[C@H]1c1ccc2c(c1)OCO2. The molecule has 0 radical (unpaired) electrons. The molecule has 2 aliphatic rings. The van der Waals surface area contributed by atoms with Crippen LogP contribution in [0.15, 0.2) is 18.2 Å². The summed E-state index contributed by atoms with van der Waals surface area (Å²) in [6, 6.07) is 5.47. The highest BCUT2D eigenvalue weighted by Gasteiger charge is 2.31. The van der Waals surface area contributed by atoms with Gasteiger partial charge in [-0.3, -0.25) is 4.79 Å². The van der Waals surface area contributed by atoms with Crippen molar-refractivity contribution in [2.75, 3.05) is 26.6 Å². The molecule has 1 aromatic rings. The smallest absolute Gasteiger partial charge is 0.411 e. The summed E-state index contributed by atoms with van der Waals surface area (Å²) in [7, 11) is 0. The third kappa shape index (κ3) is 3.92. The standard InChI is InChI=1S/C16H18F3NO4/c17-16(18,19)9-22-7-5-15(21)20-6-1-2-12(20)11-3-4-13-14(8-11)24-10-23-13/h3-4,8,12H,1-2,5-7,9-10H2/t12-/m0/s1. The number of ether oxygens (including phenoxy) is 3. The Kier molecular flexibility index (Phi) is 4.84. The van der Waals surface area contributed by atoms with E-state index in [2.05, 4.69) is 4.74 Å². The normalized spacial score (nSPS) is 19.8. The Morgan fingerprint density at radius 3 is 2.88 bits per heavy atom. The molecule has 0 spiro atoms. The van der Waals surface area contributed by atoms with Crippen LogP contribution in [0.3, 0.4) is 0 Å². The molecule has 1 fully saturated rings. The number of fused-ring (bicyclic) bond motifs is 1. The monoisotopic (exact) mass is 345 g/mol. The molecule has 1 aromatic carbocycles. The highest BCUT2D eigenvalue weighted by atomic mass is 19.4. The largest absolute Gasteiger partial charge is 0.454 e. The van der Waals surface area contributed by atoms with Crippen LogP contribution >= 0.6 is 0 Å². The highest BCUT2D eigenvalue weighted by Crippen LogP contribution is 2.39. The summed E-state index contributed by atoms with van der Waals surface area (Å²) < 4.78 is 51.2. The van der Waals surface area contributed by atoms with Gasteiger partial charge < -0.3 is 19.1 Å². The van der Waals surface area contributed by atoms with E-state index in [-0.39, 0.29) is 31.8 Å². The van der Waals surface area contributed by atoms with Crippen LogP contribution in [0.5, 0.6) is 11.5 Å². The average Bonchev–Trinajstić information content (AvgIpc) is 3.18. The van der Waals surface area contributed by atoms with E-state index in [1.165, 1.54) is 0 Å². The number of benzene rings is 1. The molecule has 2 heterocycles. The number of nitrogens with zero attached hydrogens (tertiary/aromatic N) is 1. The van der Waals surface area contributed by atoms with E-state index in [1.807, 2.05) is 18.2 Å². The molecule has 0 aliphatic carbocycles. The Balaban J connectivity index is 1.58. The molecule has 0 saturated carbocycles. The number of rotatable bonds is 5. The predicted molar refractivity (Wildman–Crippen MR) is 77.7 cm³/mol. The van der Waals surface area contributed by atoms with Crippen molar-refractivity contribution in [3.8, 4) is 11.5 Å². The summed E-state index contributed by atoms with van der Waals surface area (Å²) in [5, 5.41) is 0. The second kappa shape index (κ2) is 6.88. The number of halogens is 3. The van der Waals surface area contributed by atoms with Crippen molar-refractivity contribution in [1.82, 2.24) is 4.90 Å². The third-order valence-corrected chi connectivity index (χ3v) is 4.08. The molecular formula is C16H18F3NO4. The summed E-state index contributed by atoms with van der Waals surface area (Å²) in [5.41, 5.74) is 0.946. The average molecular weight is 345 g/mol. The van der Waals surface area contributed by atoms with E-state index < -0.39 is 12.8 Å². The maximum atomic E-state index is 12.3. The molecule has 1 saturated heterocycles. The van der Waals surface area contributed by atoms with Crippen LogP contribution in [-0.4, -0.2) is 43.5 Å². The zero-order chi connectivity index (χ0) is 17.2. The molecule has 24 heavy (non-hydrogen) atoms. The van der Waals surface area contributed by atoms with Crippen molar-refractivity contribution in [2.45, 2.75) is 31.5 Å². The van der Waals surface area contributed by atoms with Gasteiger partial charge in [0.15, 0.2) is 11.5 Å². The highest BCUT2D eigenvalue weighted by molar-refractivity contribution is 5.77. The number of alkyl halides is 3. The third-order valence-electron chi connectivity index (χ3n) is 4.08. The van der Waals surface area contributed by atoms with Crippen LogP contribution in [-0.2, 0) is 9.53 Å². The first-order valence-corrected chi connectivity index (χ1v) is 7.77. The summed E-state index contributed by atoms with van der Waals surface area (Å²) in [5.74, 6) is 1.13. The minimum Gasteiger partial charge on any atom is -0.454 e. The van der Waals surface area contributed by atoms with Crippen molar-refractivity contribution in [2.24, 2.45) is 0 Å². The van der Waals surface area contributed by atoms with Crippen molar-refractivity contribution < 1.29 is 32.2 Å². The summed E-state index contributed by atoms with van der Waals surface area (Å²) >= 11 is 0. The van der Waals surface area contributed by atoms with Crippen LogP contribution in [0.1, 0.15) is 30.9 Å². The van der Waals surface area contributed by atoms with Crippen molar-refractivity contribution in [1.29, 1.82) is 0 Å². The fraction of sp³-hybridized carbons (Fsp3) is 0.562. The minimum atomic E-state index is -4.37. The second-order valence-electron chi connectivity index (χ2n) is 5.78. The van der Waals surface area contributed by atoms with Gasteiger partial charge in [0.05, 0.1) is 19.1 Å². The Hall–Kier alpha value is -1.96. The van der Waals surface area contributed by atoms with E-state index >= 15 is 0 Å². The van der Waals surface area contributed by atoms with Crippen LogP contribution in [0.25, 0.3) is 0 Å². The van der Waals surface area contributed by atoms with E-state index in [0.29, 0.717) is 18.0 Å². The van der Waals surface area contributed by atoms with E-state index in [9.17, 15) is 18.0 Å². The van der Waals surface area contributed by atoms with Gasteiger partial charge in [0, 0.05) is 6.54 Å². The topological polar surface area (TPSA) is 48.0 Å². The van der Waals surface area contributed by atoms with Gasteiger partial charge in [-0.2, -0.15) is 13.2 Å².